The molecule has 1 aliphatic carbocycles. The van der Waals surface area contributed by atoms with E-state index in [0.717, 1.165) is 18.4 Å². The summed E-state index contributed by atoms with van der Waals surface area (Å²) in [5.74, 6) is -0.217. The van der Waals surface area contributed by atoms with Gasteiger partial charge in [0.2, 0.25) is 0 Å². The largest absolute Gasteiger partial charge is 0.324 e. The van der Waals surface area contributed by atoms with Crippen molar-refractivity contribution in [3.63, 3.8) is 0 Å². The van der Waals surface area contributed by atoms with E-state index in [1.165, 1.54) is 11.6 Å². The highest BCUT2D eigenvalue weighted by atomic mass is 79.9. The van der Waals surface area contributed by atoms with Gasteiger partial charge in [0.05, 0.1) is 4.47 Å². The van der Waals surface area contributed by atoms with E-state index in [1.807, 2.05) is 6.07 Å². The van der Waals surface area contributed by atoms with Crippen LogP contribution in [-0.2, 0) is 6.42 Å². The van der Waals surface area contributed by atoms with Crippen molar-refractivity contribution in [2.75, 3.05) is 0 Å². The van der Waals surface area contributed by atoms with E-state index in [-0.39, 0.29) is 24.3 Å². The Bertz CT molecular complexity index is 330. The van der Waals surface area contributed by atoms with Crippen molar-refractivity contribution < 1.29 is 4.39 Å². The number of halogens is 3. The van der Waals surface area contributed by atoms with Crippen LogP contribution in [0.15, 0.2) is 16.6 Å². The van der Waals surface area contributed by atoms with Gasteiger partial charge in [0.25, 0.3) is 0 Å². The summed E-state index contributed by atoms with van der Waals surface area (Å²) in [4.78, 5) is 0. The molecule has 1 aromatic rings. The Morgan fingerprint density at radius 3 is 2.85 bits per heavy atom. The van der Waals surface area contributed by atoms with Crippen molar-refractivity contribution in [3.8, 4) is 0 Å². The summed E-state index contributed by atoms with van der Waals surface area (Å²) in [7, 11) is 0. The van der Waals surface area contributed by atoms with Gasteiger partial charge in [-0.1, -0.05) is 0 Å². The molecule has 0 heterocycles. The van der Waals surface area contributed by atoms with Gasteiger partial charge in [-0.2, -0.15) is 0 Å². The topological polar surface area (TPSA) is 26.0 Å². The lowest BCUT2D eigenvalue weighted by atomic mass is 10.1. The van der Waals surface area contributed by atoms with Crippen LogP contribution in [0.5, 0.6) is 0 Å². The summed E-state index contributed by atoms with van der Waals surface area (Å²) in [5, 5.41) is 0. The molecule has 1 aliphatic rings. The third-order valence-corrected chi connectivity index (χ3v) is 2.91. The predicted molar refractivity (Wildman–Crippen MR) is 56.6 cm³/mol. The molecule has 0 amide bonds. The molecule has 72 valence electrons. The van der Waals surface area contributed by atoms with Crippen LogP contribution in [0.2, 0.25) is 0 Å². The van der Waals surface area contributed by atoms with Gasteiger partial charge in [0, 0.05) is 6.04 Å². The third-order valence-electron chi connectivity index (χ3n) is 2.31. The second-order valence-electron chi connectivity index (χ2n) is 3.11. The molecule has 1 unspecified atom stereocenters. The lowest BCUT2D eigenvalue weighted by Gasteiger charge is -2.04. The molecular formula is C9H10BrClFN. The van der Waals surface area contributed by atoms with E-state index in [9.17, 15) is 4.39 Å². The van der Waals surface area contributed by atoms with E-state index in [2.05, 4.69) is 15.9 Å². The number of hydrogen-bond acceptors (Lipinski definition) is 1. The van der Waals surface area contributed by atoms with Crippen molar-refractivity contribution in [2.24, 2.45) is 5.73 Å². The molecule has 13 heavy (non-hydrogen) atoms. The lowest BCUT2D eigenvalue weighted by molar-refractivity contribution is 0.615. The maximum atomic E-state index is 13.0. The Kier molecular flexibility index (Phi) is 3.33. The van der Waals surface area contributed by atoms with Gasteiger partial charge in [-0.25, -0.2) is 4.39 Å². The summed E-state index contributed by atoms with van der Waals surface area (Å²) in [6.07, 6.45) is 1.90. The number of aryl methyl sites for hydroxylation is 1. The Morgan fingerprint density at radius 2 is 2.15 bits per heavy atom. The lowest BCUT2D eigenvalue weighted by Crippen LogP contribution is -2.05. The van der Waals surface area contributed by atoms with Gasteiger partial charge in [-0.05, 0) is 52.0 Å². The van der Waals surface area contributed by atoms with Crippen molar-refractivity contribution in [3.05, 3.63) is 33.5 Å². The van der Waals surface area contributed by atoms with Crippen LogP contribution in [0.4, 0.5) is 4.39 Å². The first kappa shape index (κ1) is 11.0. The van der Waals surface area contributed by atoms with Crippen LogP contribution in [-0.4, -0.2) is 0 Å². The third kappa shape index (κ3) is 1.87. The van der Waals surface area contributed by atoms with Crippen LogP contribution in [0, 0.1) is 5.82 Å². The molecule has 2 rings (SSSR count). The highest BCUT2D eigenvalue weighted by Crippen LogP contribution is 2.32. The standard InChI is InChI=1S/C9H9BrFN.ClH/c10-7-3-5-1-2-9(12)6(5)4-8(7)11;/h3-4,9H,1-2,12H2;1H. The molecule has 0 fully saturated rings. The monoisotopic (exact) mass is 265 g/mol. The van der Waals surface area contributed by atoms with Crippen LogP contribution < -0.4 is 5.73 Å². The van der Waals surface area contributed by atoms with E-state index >= 15 is 0 Å². The van der Waals surface area contributed by atoms with Gasteiger partial charge < -0.3 is 5.73 Å². The zero-order valence-electron chi connectivity index (χ0n) is 6.89. The second-order valence-corrected chi connectivity index (χ2v) is 3.96. The molecule has 1 atom stereocenters. The zero-order chi connectivity index (χ0) is 8.72. The number of benzene rings is 1. The summed E-state index contributed by atoms with van der Waals surface area (Å²) in [5.41, 5.74) is 7.93. The maximum Gasteiger partial charge on any atom is 0.137 e. The molecule has 1 aromatic carbocycles. The summed E-state index contributed by atoms with van der Waals surface area (Å²) >= 11 is 3.15. The Hall–Kier alpha value is -0.120. The summed E-state index contributed by atoms with van der Waals surface area (Å²) in [6.45, 7) is 0. The fraction of sp³-hybridized carbons (Fsp3) is 0.333. The normalized spacial score (nSPS) is 19.5. The zero-order valence-corrected chi connectivity index (χ0v) is 9.29. The fourth-order valence-corrected chi connectivity index (χ4v) is 2.02. The van der Waals surface area contributed by atoms with Gasteiger partial charge >= 0.3 is 0 Å². The molecule has 2 N–H and O–H groups in total. The minimum Gasteiger partial charge on any atom is -0.324 e. The number of rotatable bonds is 0. The Balaban J connectivity index is 0.000000845. The number of fused-ring (bicyclic) bond motifs is 1. The molecule has 1 nitrogen and oxygen atoms in total. The van der Waals surface area contributed by atoms with Crippen molar-refractivity contribution in [2.45, 2.75) is 18.9 Å². The highest BCUT2D eigenvalue weighted by Gasteiger charge is 2.20. The van der Waals surface area contributed by atoms with Crippen molar-refractivity contribution >= 4 is 28.3 Å². The van der Waals surface area contributed by atoms with Crippen LogP contribution in [0.3, 0.4) is 0 Å². The minimum absolute atomic E-state index is 0. The summed E-state index contributed by atoms with van der Waals surface area (Å²) < 4.78 is 13.6. The van der Waals surface area contributed by atoms with E-state index in [1.54, 1.807) is 0 Å². The Labute approximate surface area is 91.0 Å². The first-order valence-electron chi connectivity index (χ1n) is 3.92. The van der Waals surface area contributed by atoms with Crippen LogP contribution in [0.25, 0.3) is 0 Å². The first-order valence-corrected chi connectivity index (χ1v) is 4.71. The predicted octanol–water partition coefficient (Wildman–Crippen LogP) is 2.96. The highest BCUT2D eigenvalue weighted by molar-refractivity contribution is 9.10. The van der Waals surface area contributed by atoms with Gasteiger partial charge in [0.1, 0.15) is 5.82 Å². The SMILES string of the molecule is Cl.NC1CCc2cc(Br)c(F)cc21. The summed E-state index contributed by atoms with van der Waals surface area (Å²) in [6, 6.07) is 3.40. The van der Waals surface area contributed by atoms with Crippen molar-refractivity contribution in [1.29, 1.82) is 0 Å². The Morgan fingerprint density at radius 1 is 1.46 bits per heavy atom. The van der Waals surface area contributed by atoms with Crippen LogP contribution >= 0.6 is 28.3 Å². The van der Waals surface area contributed by atoms with E-state index < -0.39 is 0 Å². The molecule has 0 aromatic heterocycles. The molecule has 0 radical (unpaired) electrons. The van der Waals surface area contributed by atoms with Crippen molar-refractivity contribution in [1.82, 2.24) is 0 Å². The smallest absolute Gasteiger partial charge is 0.137 e. The quantitative estimate of drug-likeness (QED) is 0.768. The second kappa shape index (κ2) is 3.95. The molecule has 0 saturated heterocycles. The van der Waals surface area contributed by atoms with Gasteiger partial charge in [0.15, 0.2) is 0 Å². The number of nitrogens with two attached hydrogens (primary N) is 1. The van der Waals surface area contributed by atoms with Crippen LogP contribution in [0.1, 0.15) is 23.6 Å². The average Bonchev–Trinajstić information content (AvgIpc) is 2.35. The van der Waals surface area contributed by atoms with E-state index in [0.29, 0.717) is 4.47 Å². The maximum absolute atomic E-state index is 13.0. The van der Waals surface area contributed by atoms with Gasteiger partial charge in [-0.15, -0.1) is 12.4 Å². The fourth-order valence-electron chi connectivity index (χ4n) is 1.63. The molecule has 0 aliphatic heterocycles. The molecule has 4 heteroatoms. The average molecular weight is 267 g/mol. The molecule has 0 saturated carbocycles. The molecule has 0 spiro atoms. The number of hydrogen-bond donors (Lipinski definition) is 1. The minimum atomic E-state index is -0.217. The molecular weight excluding hydrogens is 256 g/mol. The van der Waals surface area contributed by atoms with Gasteiger partial charge in [-0.3, -0.25) is 0 Å². The molecule has 0 bridgehead atoms. The van der Waals surface area contributed by atoms with E-state index in [4.69, 9.17) is 5.73 Å². The first-order chi connectivity index (χ1) is 5.68.